The zero-order valence-electron chi connectivity index (χ0n) is 25.4. The predicted octanol–water partition coefficient (Wildman–Crippen LogP) is 5.61. The molecule has 39 heavy (non-hydrogen) atoms. The lowest BCUT2D eigenvalue weighted by atomic mass is 9.75. The Labute approximate surface area is 244 Å². The smallest absolute Gasteiger partial charge is 0.114 e. The fourth-order valence-corrected chi connectivity index (χ4v) is 7.75. The second-order valence-electron chi connectivity index (χ2n) is 14.2. The number of alkyl halides is 1. The molecule has 0 unspecified atom stereocenters. The van der Waals surface area contributed by atoms with E-state index in [1.165, 1.54) is 0 Å². The van der Waals surface area contributed by atoms with E-state index in [0.29, 0.717) is 30.5 Å². The lowest BCUT2D eigenvalue weighted by molar-refractivity contribution is -0.308. The number of aliphatic hydroxyl groups excluding tert-OH is 1. The van der Waals surface area contributed by atoms with Gasteiger partial charge in [0.15, 0.2) is 0 Å². The van der Waals surface area contributed by atoms with Crippen LogP contribution in [0.4, 0.5) is 0 Å². The van der Waals surface area contributed by atoms with E-state index in [1.54, 1.807) is 14.0 Å². The molecule has 2 N–H and O–H groups in total. The maximum Gasteiger partial charge on any atom is 0.114 e. The van der Waals surface area contributed by atoms with Crippen LogP contribution in [0.5, 0.6) is 0 Å². The fraction of sp³-hybridized carbons (Fsp3) is 0.935. The van der Waals surface area contributed by atoms with Gasteiger partial charge in [-0.3, -0.25) is 0 Å². The summed E-state index contributed by atoms with van der Waals surface area (Å²) in [6.45, 7) is 18.3. The molecule has 4 aliphatic rings. The first-order valence-corrected chi connectivity index (χ1v) is 15.8. The number of ether oxygens (including phenoxy) is 5. The van der Waals surface area contributed by atoms with Crippen molar-refractivity contribution in [2.24, 2.45) is 0 Å². The summed E-state index contributed by atoms with van der Waals surface area (Å²) in [7, 11) is 1.68. The predicted molar refractivity (Wildman–Crippen MR) is 155 cm³/mol. The minimum absolute atomic E-state index is 0.0136. The van der Waals surface area contributed by atoms with Crippen LogP contribution in [-0.4, -0.2) is 86.8 Å². The normalized spacial score (nSPS) is 46.7. The molecule has 7 nitrogen and oxygen atoms in total. The quantitative estimate of drug-likeness (QED) is 0.270. The summed E-state index contributed by atoms with van der Waals surface area (Å²) in [6.07, 6.45) is 5.11. The van der Waals surface area contributed by atoms with Gasteiger partial charge >= 0.3 is 0 Å². The highest BCUT2D eigenvalue weighted by molar-refractivity contribution is 9.09. The molecule has 11 atom stereocenters. The molecule has 4 saturated heterocycles. The van der Waals surface area contributed by atoms with Gasteiger partial charge in [0.2, 0.25) is 0 Å². The average molecular weight is 618 g/mol. The van der Waals surface area contributed by atoms with Gasteiger partial charge in [-0.2, -0.15) is 0 Å². The molecule has 0 radical (unpaired) electrons. The highest BCUT2D eigenvalue weighted by Gasteiger charge is 2.58. The van der Waals surface area contributed by atoms with Crippen molar-refractivity contribution in [2.45, 2.75) is 176 Å². The minimum atomic E-state index is -1.24. The molecular formula is C31H53BrO7. The standard InChI is InChI=1S/C31H53BrO7/c1-19(2)20(35-9)12-15-28(5)22(33)18-26(38-28)31(8,34)25-11-10-23-29(6,37-25)17-14-24(36-23)30(7)16-13-21(32)27(3,4)39-30/h20-26,33-34H,1,10-18H2,2-9H3/t20-,21-,22-,23-,24-,25+,26-,28+,29+,30+,31-/m1/s1. The topological polar surface area (TPSA) is 86.6 Å². The van der Waals surface area contributed by atoms with Gasteiger partial charge in [0, 0.05) is 18.4 Å². The summed E-state index contributed by atoms with van der Waals surface area (Å²) in [4.78, 5) is 0.332. The second-order valence-corrected chi connectivity index (χ2v) is 15.3. The van der Waals surface area contributed by atoms with Crippen molar-refractivity contribution in [1.82, 2.24) is 0 Å². The van der Waals surface area contributed by atoms with Crippen LogP contribution in [-0.2, 0) is 23.7 Å². The van der Waals surface area contributed by atoms with E-state index in [0.717, 1.165) is 37.7 Å². The van der Waals surface area contributed by atoms with Crippen LogP contribution in [0.1, 0.15) is 106 Å². The van der Waals surface area contributed by atoms with Crippen molar-refractivity contribution in [2.75, 3.05) is 7.11 Å². The summed E-state index contributed by atoms with van der Waals surface area (Å²) < 4.78 is 32.1. The number of halogens is 1. The molecule has 0 aromatic heterocycles. The average Bonchev–Trinajstić information content (AvgIpc) is 3.15. The summed E-state index contributed by atoms with van der Waals surface area (Å²) in [5, 5.41) is 22.8. The van der Waals surface area contributed by atoms with Crippen LogP contribution >= 0.6 is 15.9 Å². The summed E-state index contributed by atoms with van der Waals surface area (Å²) in [6, 6.07) is 0. The number of fused-ring (bicyclic) bond motifs is 1. The molecule has 4 rings (SSSR count). The molecule has 0 spiro atoms. The van der Waals surface area contributed by atoms with E-state index in [2.05, 4.69) is 50.2 Å². The number of rotatable bonds is 8. The van der Waals surface area contributed by atoms with E-state index in [9.17, 15) is 10.2 Å². The lowest BCUT2D eigenvalue weighted by Gasteiger charge is -2.56. The maximum atomic E-state index is 11.8. The number of hydrogen-bond acceptors (Lipinski definition) is 7. The van der Waals surface area contributed by atoms with Crippen LogP contribution in [0.15, 0.2) is 12.2 Å². The van der Waals surface area contributed by atoms with Gasteiger partial charge < -0.3 is 33.9 Å². The Bertz CT molecular complexity index is 894. The van der Waals surface area contributed by atoms with Crippen molar-refractivity contribution < 1.29 is 33.9 Å². The molecule has 4 heterocycles. The Kier molecular flexibility index (Phi) is 9.16. The first-order chi connectivity index (χ1) is 18.0. The van der Waals surface area contributed by atoms with Gasteiger partial charge in [0.1, 0.15) is 5.60 Å². The van der Waals surface area contributed by atoms with Crippen molar-refractivity contribution in [3.05, 3.63) is 12.2 Å². The van der Waals surface area contributed by atoms with Gasteiger partial charge in [-0.05, 0) is 99.8 Å². The monoisotopic (exact) mass is 616 g/mol. The molecule has 0 saturated carbocycles. The fourth-order valence-electron chi connectivity index (χ4n) is 7.43. The first-order valence-electron chi connectivity index (χ1n) is 14.9. The van der Waals surface area contributed by atoms with Crippen LogP contribution in [0.2, 0.25) is 0 Å². The molecular weight excluding hydrogens is 564 g/mol. The second kappa shape index (κ2) is 11.2. The third-order valence-corrected chi connectivity index (χ3v) is 12.0. The van der Waals surface area contributed by atoms with Crippen LogP contribution < -0.4 is 0 Å². The number of aliphatic hydroxyl groups is 2. The van der Waals surface area contributed by atoms with Gasteiger partial charge in [-0.1, -0.05) is 28.1 Å². The molecule has 0 bridgehead atoms. The molecule has 4 fully saturated rings. The Morgan fingerprint density at radius 2 is 1.67 bits per heavy atom. The Hall–Kier alpha value is -0.0600. The van der Waals surface area contributed by atoms with E-state index >= 15 is 0 Å². The van der Waals surface area contributed by atoms with Crippen molar-refractivity contribution in [3.63, 3.8) is 0 Å². The number of methoxy groups -OCH3 is 1. The lowest BCUT2D eigenvalue weighted by Crippen LogP contribution is -2.64. The van der Waals surface area contributed by atoms with Gasteiger partial charge in [0.05, 0.1) is 59.0 Å². The zero-order chi connectivity index (χ0) is 29.0. The van der Waals surface area contributed by atoms with E-state index in [-0.39, 0.29) is 29.5 Å². The summed E-state index contributed by atoms with van der Waals surface area (Å²) in [5.41, 5.74) is -2.13. The molecule has 0 aromatic carbocycles. The Morgan fingerprint density at radius 1 is 1.03 bits per heavy atom. The van der Waals surface area contributed by atoms with Crippen molar-refractivity contribution in [3.8, 4) is 0 Å². The van der Waals surface area contributed by atoms with Crippen molar-refractivity contribution in [1.29, 1.82) is 0 Å². The molecule has 4 aliphatic heterocycles. The van der Waals surface area contributed by atoms with Gasteiger partial charge in [-0.15, -0.1) is 0 Å². The van der Waals surface area contributed by atoms with Crippen LogP contribution in [0, 0.1) is 0 Å². The SMILES string of the molecule is C=C(C)[C@@H](CC[C@]1(C)O[C@@H]([C@](C)(O)[C@@H]2CC[C@H]3O[C@@H]([C@]4(C)CC[C@@H](Br)C(C)(C)O4)CC[C@]3(C)O2)C[C@H]1O)OC. The Balaban J connectivity index is 1.39. The van der Waals surface area contributed by atoms with Crippen LogP contribution in [0.3, 0.4) is 0 Å². The molecule has 8 heteroatoms. The summed E-state index contributed by atoms with van der Waals surface area (Å²) >= 11 is 3.79. The highest BCUT2D eigenvalue weighted by atomic mass is 79.9. The van der Waals surface area contributed by atoms with E-state index in [4.69, 9.17) is 23.7 Å². The maximum absolute atomic E-state index is 11.8. The largest absolute Gasteiger partial charge is 0.390 e. The molecule has 0 aromatic rings. The third-order valence-electron chi connectivity index (χ3n) is 10.4. The number of hydrogen-bond donors (Lipinski definition) is 2. The molecule has 226 valence electrons. The van der Waals surface area contributed by atoms with Crippen LogP contribution in [0.25, 0.3) is 0 Å². The minimum Gasteiger partial charge on any atom is -0.390 e. The third kappa shape index (κ3) is 6.20. The van der Waals surface area contributed by atoms with Gasteiger partial charge in [-0.25, -0.2) is 0 Å². The Morgan fingerprint density at radius 3 is 2.28 bits per heavy atom. The summed E-state index contributed by atoms with van der Waals surface area (Å²) in [5.74, 6) is 0. The van der Waals surface area contributed by atoms with E-state index < -0.39 is 35.1 Å². The molecule has 0 aliphatic carbocycles. The molecule has 0 amide bonds. The van der Waals surface area contributed by atoms with Gasteiger partial charge in [0.25, 0.3) is 0 Å². The van der Waals surface area contributed by atoms with Crippen molar-refractivity contribution >= 4 is 15.9 Å². The zero-order valence-corrected chi connectivity index (χ0v) is 27.0. The highest BCUT2D eigenvalue weighted by Crippen LogP contribution is 2.50. The first kappa shape index (κ1) is 31.9. The van der Waals surface area contributed by atoms with E-state index in [1.807, 2.05) is 13.8 Å².